The van der Waals surface area contributed by atoms with Crippen LogP contribution in [0.1, 0.15) is 12.1 Å². The molecule has 2 aromatic rings. The monoisotopic (exact) mass is 251 g/mol. The third-order valence-corrected chi connectivity index (χ3v) is 3.76. The highest BCUT2D eigenvalue weighted by Gasteiger charge is 2.24. The Morgan fingerprint density at radius 1 is 1.65 bits per heavy atom. The van der Waals surface area contributed by atoms with Crippen molar-refractivity contribution in [1.29, 1.82) is 0 Å². The van der Waals surface area contributed by atoms with Crippen LogP contribution < -0.4 is 0 Å². The topological polar surface area (TPSA) is 57.8 Å². The number of aromatic nitrogens is 2. The molecular formula is C11H13N3O2S. The number of nitrogens with zero attached hydrogens (tertiary/aromatic N) is 3. The number of likely N-dealkylation sites (tertiary alicyclic amines) is 1. The number of hydrogen-bond donors (Lipinski definition) is 1. The summed E-state index contributed by atoms with van der Waals surface area (Å²) in [5, 5.41) is 11.3. The van der Waals surface area contributed by atoms with Gasteiger partial charge in [0.2, 0.25) is 5.91 Å². The van der Waals surface area contributed by atoms with Gasteiger partial charge in [0.15, 0.2) is 4.96 Å². The first kappa shape index (κ1) is 10.7. The van der Waals surface area contributed by atoms with Crippen LogP contribution in [-0.2, 0) is 11.2 Å². The minimum Gasteiger partial charge on any atom is -0.391 e. The fraction of sp³-hybridized carbons (Fsp3) is 0.455. The second-order valence-electron chi connectivity index (χ2n) is 4.28. The van der Waals surface area contributed by atoms with Crippen molar-refractivity contribution in [3.8, 4) is 0 Å². The second kappa shape index (κ2) is 4.12. The van der Waals surface area contributed by atoms with Crippen molar-refractivity contribution in [3.63, 3.8) is 0 Å². The molecule has 0 unspecified atom stereocenters. The summed E-state index contributed by atoms with van der Waals surface area (Å²) in [4.78, 5) is 18.9. The highest BCUT2D eigenvalue weighted by atomic mass is 32.1. The Hall–Kier alpha value is -1.40. The van der Waals surface area contributed by atoms with Gasteiger partial charge in [-0.25, -0.2) is 4.98 Å². The maximum absolute atomic E-state index is 11.9. The molecule has 90 valence electrons. The van der Waals surface area contributed by atoms with Crippen LogP contribution in [0.4, 0.5) is 0 Å². The summed E-state index contributed by atoms with van der Waals surface area (Å²) < 4.78 is 1.92. The van der Waals surface area contributed by atoms with Crippen LogP contribution in [0, 0.1) is 0 Å². The van der Waals surface area contributed by atoms with E-state index in [2.05, 4.69) is 4.98 Å². The Labute approximate surface area is 102 Å². The summed E-state index contributed by atoms with van der Waals surface area (Å²) in [5.74, 6) is 0.0484. The number of rotatable bonds is 2. The van der Waals surface area contributed by atoms with Crippen molar-refractivity contribution in [2.75, 3.05) is 13.1 Å². The molecule has 17 heavy (non-hydrogen) atoms. The predicted octanol–water partition coefficient (Wildman–Crippen LogP) is 0.532. The Kier molecular flexibility index (Phi) is 2.60. The van der Waals surface area contributed by atoms with E-state index in [1.54, 1.807) is 16.2 Å². The van der Waals surface area contributed by atoms with Gasteiger partial charge in [0.25, 0.3) is 0 Å². The molecule has 1 N–H and O–H groups in total. The number of fused-ring (bicyclic) bond motifs is 1. The number of aliphatic hydroxyl groups excluding tert-OH is 1. The molecule has 1 saturated heterocycles. The third kappa shape index (κ3) is 2.05. The molecule has 3 heterocycles. The number of imidazole rings is 1. The van der Waals surface area contributed by atoms with Gasteiger partial charge in [-0.3, -0.25) is 9.20 Å². The van der Waals surface area contributed by atoms with E-state index in [0.29, 0.717) is 25.9 Å². The minimum absolute atomic E-state index is 0.0484. The zero-order chi connectivity index (χ0) is 11.8. The first-order chi connectivity index (χ1) is 8.22. The average molecular weight is 251 g/mol. The summed E-state index contributed by atoms with van der Waals surface area (Å²) in [6, 6.07) is 0. The molecule has 2 aromatic heterocycles. The Balaban J connectivity index is 1.70. The summed E-state index contributed by atoms with van der Waals surface area (Å²) in [6.45, 7) is 1.11. The van der Waals surface area contributed by atoms with E-state index in [4.69, 9.17) is 0 Å². The Morgan fingerprint density at radius 2 is 2.53 bits per heavy atom. The first-order valence-electron chi connectivity index (χ1n) is 5.59. The van der Waals surface area contributed by atoms with Crippen LogP contribution in [0.5, 0.6) is 0 Å². The van der Waals surface area contributed by atoms with E-state index in [0.717, 1.165) is 10.7 Å². The van der Waals surface area contributed by atoms with Crippen molar-refractivity contribution in [1.82, 2.24) is 14.3 Å². The quantitative estimate of drug-likeness (QED) is 0.847. The van der Waals surface area contributed by atoms with Gasteiger partial charge in [0, 0.05) is 30.9 Å². The lowest BCUT2D eigenvalue weighted by molar-refractivity contribution is -0.129. The molecule has 0 bridgehead atoms. The molecule has 1 atom stereocenters. The Bertz CT molecular complexity index is 519. The third-order valence-electron chi connectivity index (χ3n) is 2.99. The van der Waals surface area contributed by atoms with Gasteiger partial charge in [-0.05, 0) is 6.42 Å². The van der Waals surface area contributed by atoms with E-state index < -0.39 is 0 Å². The van der Waals surface area contributed by atoms with Gasteiger partial charge in [-0.1, -0.05) is 0 Å². The summed E-state index contributed by atoms with van der Waals surface area (Å²) in [5.41, 5.74) is 0.795. The number of amides is 1. The molecule has 0 aromatic carbocycles. The van der Waals surface area contributed by atoms with Crippen molar-refractivity contribution < 1.29 is 9.90 Å². The summed E-state index contributed by atoms with van der Waals surface area (Å²) in [7, 11) is 0. The van der Waals surface area contributed by atoms with Gasteiger partial charge in [-0.2, -0.15) is 0 Å². The van der Waals surface area contributed by atoms with E-state index in [9.17, 15) is 9.90 Å². The zero-order valence-electron chi connectivity index (χ0n) is 9.24. The molecule has 0 radical (unpaired) electrons. The van der Waals surface area contributed by atoms with Crippen LogP contribution in [0.2, 0.25) is 0 Å². The molecule has 1 amide bonds. The normalized spacial score (nSPS) is 20.3. The number of hydrogen-bond acceptors (Lipinski definition) is 4. The zero-order valence-corrected chi connectivity index (χ0v) is 10.1. The minimum atomic E-state index is -0.357. The lowest BCUT2D eigenvalue weighted by Gasteiger charge is -2.14. The van der Waals surface area contributed by atoms with E-state index in [-0.39, 0.29) is 12.0 Å². The fourth-order valence-corrected chi connectivity index (χ4v) is 2.82. The van der Waals surface area contributed by atoms with Gasteiger partial charge in [-0.15, -0.1) is 11.3 Å². The van der Waals surface area contributed by atoms with E-state index in [1.807, 2.05) is 22.2 Å². The Morgan fingerprint density at radius 3 is 3.24 bits per heavy atom. The molecule has 1 aliphatic heterocycles. The lowest BCUT2D eigenvalue weighted by atomic mass is 10.3. The van der Waals surface area contributed by atoms with Gasteiger partial charge >= 0.3 is 0 Å². The van der Waals surface area contributed by atoms with Gasteiger partial charge < -0.3 is 10.0 Å². The fourth-order valence-electron chi connectivity index (χ4n) is 2.10. The maximum atomic E-state index is 11.9. The van der Waals surface area contributed by atoms with Crippen LogP contribution in [0.15, 0.2) is 17.8 Å². The molecule has 1 aliphatic rings. The number of carbonyl (C=O) groups is 1. The van der Waals surface area contributed by atoms with Crippen LogP contribution in [-0.4, -0.2) is 44.5 Å². The lowest BCUT2D eigenvalue weighted by Crippen LogP contribution is -2.30. The highest BCUT2D eigenvalue weighted by Crippen LogP contribution is 2.14. The number of aliphatic hydroxyl groups is 1. The standard InChI is InChI=1S/C11H13N3O2S/c15-9-1-2-13(7-9)10(16)5-8-6-14-3-4-17-11(14)12-8/h3-4,6,9,15H,1-2,5,7H2/t9-/m0/s1. The van der Waals surface area contributed by atoms with Crippen molar-refractivity contribution in [3.05, 3.63) is 23.5 Å². The molecule has 1 fully saturated rings. The largest absolute Gasteiger partial charge is 0.391 e. The van der Waals surface area contributed by atoms with Gasteiger partial charge in [0.1, 0.15) is 0 Å². The molecule has 0 spiro atoms. The van der Waals surface area contributed by atoms with Crippen LogP contribution >= 0.6 is 11.3 Å². The maximum Gasteiger partial charge on any atom is 0.228 e. The van der Waals surface area contributed by atoms with Crippen molar-refractivity contribution in [2.45, 2.75) is 18.9 Å². The first-order valence-corrected chi connectivity index (χ1v) is 6.47. The number of carbonyl (C=O) groups excluding carboxylic acids is 1. The van der Waals surface area contributed by atoms with E-state index >= 15 is 0 Å². The molecule has 0 saturated carbocycles. The smallest absolute Gasteiger partial charge is 0.228 e. The molecule has 6 heteroatoms. The number of β-amino-alcohol motifs (C(OH)–C–C–N with tert-alkyl or cyclic N) is 1. The second-order valence-corrected chi connectivity index (χ2v) is 5.16. The molecule has 0 aliphatic carbocycles. The van der Waals surface area contributed by atoms with Crippen molar-refractivity contribution >= 4 is 22.2 Å². The highest BCUT2D eigenvalue weighted by molar-refractivity contribution is 7.15. The van der Waals surface area contributed by atoms with E-state index in [1.165, 1.54) is 0 Å². The summed E-state index contributed by atoms with van der Waals surface area (Å²) in [6.07, 6.45) is 4.46. The summed E-state index contributed by atoms with van der Waals surface area (Å²) >= 11 is 1.55. The van der Waals surface area contributed by atoms with Crippen molar-refractivity contribution in [2.24, 2.45) is 0 Å². The molecule has 5 nitrogen and oxygen atoms in total. The van der Waals surface area contributed by atoms with Gasteiger partial charge in [0.05, 0.1) is 18.2 Å². The molecular weight excluding hydrogens is 238 g/mol. The number of thiazole rings is 1. The SMILES string of the molecule is O=C(Cc1cn2ccsc2n1)N1CC[C@H](O)C1. The average Bonchev–Trinajstić information content (AvgIpc) is 2.92. The molecule has 3 rings (SSSR count). The predicted molar refractivity (Wildman–Crippen MR) is 64.0 cm³/mol. The van der Waals surface area contributed by atoms with Crippen LogP contribution in [0.25, 0.3) is 4.96 Å². The van der Waals surface area contributed by atoms with Crippen LogP contribution in [0.3, 0.4) is 0 Å².